The molecular formula is C20H39NO4Si2. The van der Waals surface area contributed by atoms with Crippen LogP contribution in [0.15, 0.2) is 0 Å². The lowest BCUT2D eigenvalue weighted by Gasteiger charge is -2.39. The second kappa shape index (κ2) is 9.40. The molecule has 1 N–H and O–H groups in total. The maximum atomic E-state index is 12.3. The Kier molecular flexibility index (Phi) is 9.01. The predicted molar refractivity (Wildman–Crippen MR) is 117 cm³/mol. The first-order chi connectivity index (χ1) is 11.9. The molecule has 0 bridgehead atoms. The lowest BCUT2D eigenvalue weighted by Crippen LogP contribution is -2.53. The van der Waals surface area contributed by atoms with E-state index in [1.165, 1.54) is 0 Å². The molecule has 1 amide bonds. The number of nitrogens with one attached hydrogen (secondary N) is 1. The van der Waals surface area contributed by atoms with Crippen LogP contribution in [0.4, 0.5) is 4.79 Å². The van der Waals surface area contributed by atoms with Gasteiger partial charge in [0, 0.05) is 6.42 Å². The summed E-state index contributed by atoms with van der Waals surface area (Å²) in [5.74, 6) is 3.15. The third-order valence-electron chi connectivity index (χ3n) is 4.26. The molecule has 0 rings (SSSR count). The standard InChI is InChI=1S/C20H39NO4Si2/c1-19(2,3)24-18(23)21-16(13-12-14-26(7,8)9)17(15-22)25-27(10,11)20(4,5)6/h15-17H,13H2,1-11H3,(H,21,23)/t16-,17-/m0/s1. The molecule has 0 saturated heterocycles. The van der Waals surface area contributed by atoms with Crippen molar-refractivity contribution in [3.63, 3.8) is 0 Å². The highest BCUT2D eigenvalue weighted by molar-refractivity contribution is 6.83. The summed E-state index contributed by atoms with van der Waals surface area (Å²) in [4.78, 5) is 24.1. The number of hydrogen-bond donors (Lipinski definition) is 1. The number of carbonyl (C=O) groups is 2. The number of ether oxygens (including phenoxy) is 1. The van der Waals surface area contributed by atoms with E-state index in [1.54, 1.807) is 20.8 Å². The van der Waals surface area contributed by atoms with Crippen LogP contribution in [0.3, 0.4) is 0 Å². The number of amides is 1. The predicted octanol–water partition coefficient (Wildman–Crippen LogP) is 4.74. The van der Waals surface area contributed by atoms with Crippen LogP contribution < -0.4 is 5.32 Å². The second-order valence-corrected chi connectivity index (χ2v) is 20.0. The summed E-state index contributed by atoms with van der Waals surface area (Å²) in [6, 6.07) is -0.546. The van der Waals surface area contributed by atoms with Crippen LogP contribution in [-0.2, 0) is 14.0 Å². The SMILES string of the molecule is CC(C)(C)OC(=O)N[C@@H](CC#C[Si](C)(C)C)[C@H](C=O)O[Si](C)(C)C(C)(C)C. The van der Waals surface area contributed by atoms with E-state index in [2.05, 4.69) is 70.3 Å². The Bertz CT molecular complexity index is 572. The van der Waals surface area contributed by atoms with Crippen molar-refractivity contribution in [2.24, 2.45) is 0 Å². The third kappa shape index (κ3) is 10.7. The molecule has 0 radical (unpaired) electrons. The van der Waals surface area contributed by atoms with Crippen LogP contribution >= 0.6 is 0 Å². The Morgan fingerprint density at radius 3 is 1.96 bits per heavy atom. The molecule has 7 heteroatoms. The lowest BCUT2D eigenvalue weighted by molar-refractivity contribution is -0.115. The molecule has 0 aliphatic heterocycles. The average Bonchev–Trinajstić information content (AvgIpc) is 2.39. The molecule has 156 valence electrons. The summed E-state index contributed by atoms with van der Waals surface area (Å²) in [5, 5.41) is 2.76. The molecule has 0 aromatic heterocycles. The first-order valence-electron chi connectivity index (χ1n) is 9.51. The number of hydrogen-bond acceptors (Lipinski definition) is 4. The van der Waals surface area contributed by atoms with Gasteiger partial charge in [0.05, 0.1) is 6.04 Å². The van der Waals surface area contributed by atoms with Crippen LogP contribution in [0.5, 0.6) is 0 Å². The number of rotatable bonds is 6. The van der Waals surface area contributed by atoms with Crippen LogP contribution in [0.1, 0.15) is 48.0 Å². The molecule has 2 atom stereocenters. The first-order valence-corrected chi connectivity index (χ1v) is 15.9. The maximum absolute atomic E-state index is 12.3. The van der Waals surface area contributed by atoms with Crippen molar-refractivity contribution in [3.8, 4) is 11.5 Å². The van der Waals surface area contributed by atoms with E-state index in [4.69, 9.17) is 9.16 Å². The van der Waals surface area contributed by atoms with E-state index in [-0.39, 0.29) is 5.04 Å². The largest absolute Gasteiger partial charge is 0.444 e. The quantitative estimate of drug-likeness (QED) is 0.388. The Labute approximate surface area is 168 Å². The molecule has 0 heterocycles. The van der Waals surface area contributed by atoms with Gasteiger partial charge >= 0.3 is 6.09 Å². The normalized spacial score (nSPS) is 15.2. The summed E-state index contributed by atoms with van der Waals surface area (Å²) >= 11 is 0. The Morgan fingerprint density at radius 2 is 1.59 bits per heavy atom. The molecule has 27 heavy (non-hydrogen) atoms. The summed E-state index contributed by atoms with van der Waals surface area (Å²) < 4.78 is 11.6. The van der Waals surface area contributed by atoms with Crippen LogP contribution in [0, 0.1) is 11.5 Å². The van der Waals surface area contributed by atoms with Gasteiger partial charge in [0.1, 0.15) is 26.1 Å². The zero-order chi connectivity index (χ0) is 21.7. The van der Waals surface area contributed by atoms with E-state index in [0.717, 1.165) is 6.29 Å². The molecule has 0 saturated carbocycles. The lowest BCUT2D eigenvalue weighted by atomic mass is 10.1. The van der Waals surface area contributed by atoms with Crippen LogP contribution in [0.25, 0.3) is 0 Å². The highest BCUT2D eigenvalue weighted by Gasteiger charge is 2.41. The third-order valence-corrected chi connectivity index (χ3v) is 9.66. The monoisotopic (exact) mass is 413 g/mol. The fourth-order valence-electron chi connectivity index (χ4n) is 1.86. The first kappa shape index (κ1) is 25.9. The molecule has 0 unspecified atom stereocenters. The molecular weight excluding hydrogens is 374 g/mol. The molecule has 0 fully saturated rings. The van der Waals surface area contributed by atoms with Crippen molar-refractivity contribution in [2.45, 2.75) is 103 Å². The van der Waals surface area contributed by atoms with Gasteiger partial charge in [0.25, 0.3) is 0 Å². The highest BCUT2D eigenvalue weighted by Crippen LogP contribution is 2.37. The van der Waals surface area contributed by atoms with Gasteiger partial charge in [0.15, 0.2) is 8.32 Å². The van der Waals surface area contributed by atoms with Gasteiger partial charge in [-0.3, -0.25) is 0 Å². The topological polar surface area (TPSA) is 64.6 Å². The molecule has 0 aliphatic rings. The van der Waals surface area contributed by atoms with Crippen molar-refractivity contribution in [1.29, 1.82) is 0 Å². The fraction of sp³-hybridized carbons (Fsp3) is 0.800. The van der Waals surface area contributed by atoms with Gasteiger partial charge in [0.2, 0.25) is 0 Å². The maximum Gasteiger partial charge on any atom is 0.408 e. The molecule has 0 spiro atoms. The van der Waals surface area contributed by atoms with Gasteiger partial charge < -0.3 is 19.3 Å². The minimum absolute atomic E-state index is 0.0469. The average molecular weight is 414 g/mol. The van der Waals surface area contributed by atoms with E-state index in [9.17, 15) is 9.59 Å². The van der Waals surface area contributed by atoms with Gasteiger partial charge in [-0.2, -0.15) is 0 Å². The molecule has 0 aliphatic carbocycles. The van der Waals surface area contributed by atoms with Crippen molar-refractivity contribution in [1.82, 2.24) is 5.32 Å². The van der Waals surface area contributed by atoms with E-state index >= 15 is 0 Å². The molecule has 0 aromatic rings. The number of carbonyl (C=O) groups excluding carboxylic acids is 2. The number of aldehydes is 1. The smallest absolute Gasteiger partial charge is 0.408 e. The second-order valence-electron chi connectivity index (χ2n) is 10.5. The van der Waals surface area contributed by atoms with Gasteiger partial charge in [-0.05, 0) is 38.9 Å². The van der Waals surface area contributed by atoms with Crippen molar-refractivity contribution >= 4 is 28.8 Å². The minimum atomic E-state index is -2.19. The molecule has 0 aromatic carbocycles. The Hall–Kier alpha value is -1.11. The van der Waals surface area contributed by atoms with Gasteiger partial charge in [-0.15, -0.1) is 11.5 Å². The van der Waals surface area contributed by atoms with Crippen molar-refractivity contribution < 1.29 is 18.8 Å². The van der Waals surface area contributed by atoms with Gasteiger partial charge in [-0.1, -0.05) is 40.4 Å². The minimum Gasteiger partial charge on any atom is -0.444 e. The Morgan fingerprint density at radius 1 is 1.07 bits per heavy atom. The highest BCUT2D eigenvalue weighted by atomic mass is 28.4. The van der Waals surface area contributed by atoms with Crippen LogP contribution in [-0.4, -0.2) is 46.5 Å². The summed E-state index contributed by atoms with van der Waals surface area (Å²) in [6.45, 7) is 22.4. The Balaban J connectivity index is 5.53. The fourth-order valence-corrected chi connectivity index (χ4v) is 3.74. The zero-order valence-electron chi connectivity index (χ0n) is 19.1. The summed E-state index contributed by atoms with van der Waals surface area (Å²) in [5.41, 5.74) is 2.67. The van der Waals surface area contributed by atoms with Gasteiger partial charge in [-0.25, -0.2) is 4.79 Å². The van der Waals surface area contributed by atoms with E-state index in [1.807, 2.05) is 0 Å². The van der Waals surface area contributed by atoms with Crippen molar-refractivity contribution in [3.05, 3.63) is 0 Å². The molecule has 5 nitrogen and oxygen atoms in total. The van der Waals surface area contributed by atoms with E-state index < -0.39 is 40.2 Å². The summed E-state index contributed by atoms with van der Waals surface area (Å²) in [6.07, 6.45) is -0.192. The van der Waals surface area contributed by atoms with Crippen LogP contribution in [0.2, 0.25) is 37.8 Å². The van der Waals surface area contributed by atoms with Crippen molar-refractivity contribution in [2.75, 3.05) is 0 Å². The number of alkyl carbamates (subject to hydrolysis) is 1. The summed E-state index contributed by atoms with van der Waals surface area (Å²) in [7, 11) is -3.74. The van der Waals surface area contributed by atoms with E-state index in [0.29, 0.717) is 6.42 Å². The zero-order valence-corrected chi connectivity index (χ0v) is 21.1.